The van der Waals surface area contributed by atoms with Crippen LogP contribution in [0.3, 0.4) is 0 Å². The molecule has 2 amide bonds. The number of alkyl halides is 1. The van der Waals surface area contributed by atoms with E-state index in [0.29, 0.717) is 31.9 Å². The Kier molecular flexibility index (Phi) is 36.4. The normalized spacial score (nSPS) is 12.4. The molecule has 0 aromatic carbocycles. The highest BCUT2D eigenvalue weighted by molar-refractivity contribution is 6.17. The predicted molar refractivity (Wildman–Crippen MR) is 207 cm³/mol. The van der Waals surface area contributed by atoms with Crippen LogP contribution in [0.1, 0.15) is 194 Å². The second-order valence-electron chi connectivity index (χ2n) is 13.8. The lowest BCUT2D eigenvalue weighted by Gasteiger charge is -2.26. The fourth-order valence-corrected chi connectivity index (χ4v) is 6.03. The van der Waals surface area contributed by atoms with Crippen molar-refractivity contribution in [2.75, 3.05) is 26.1 Å². The van der Waals surface area contributed by atoms with Gasteiger partial charge >= 0.3 is 0 Å². The summed E-state index contributed by atoms with van der Waals surface area (Å²) in [5.41, 5.74) is 0. The molecule has 0 aromatic heterocycles. The first-order valence-electron chi connectivity index (χ1n) is 20.1. The molecule has 0 fully saturated rings. The molecule has 0 saturated heterocycles. The van der Waals surface area contributed by atoms with Gasteiger partial charge in [-0.05, 0) is 71.3 Å². The lowest BCUT2D eigenvalue weighted by atomic mass is 10.1. The third kappa shape index (κ3) is 34.3. The number of unbranched alkanes of at least 4 members (excludes halogenated alkanes) is 22. The Labute approximate surface area is 297 Å². The van der Waals surface area contributed by atoms with Crippen LogP contribution in [0, 0.1) is 0 Å². The molecule has 0 spiro atoms. The molecule has 47 heavy (non-hydrogen) atoms. The van der Waals surface area contributed by atoms with E-state index in [1.54, 1.807) is 0 Å². The minimum atomic E-state index is -0.0105. The van der Waals surface area contributed by atoms with Crippen molar-refractivity contribution in [3.8, 4) is 0 Å². The molecule has 0 aliphatic carbocycles. The number of amides is 2. The second kappa shape index (κ2) is 37.5. The summed E-state index contributed by atoms with van der Waals surface area (Å²) in [5.74, 6) is 0.186. The lowest BCUT2D eigenvalue weighted by Crippen LogP contribution is -2.48. The first kappa shape index (κ1) is 45.7. The Morgan fingerprint density at radius 3 is 1.13 bits per heavy atom. The van der Waals surface area contributed by atoms with Crippen LogP contribution in [0.25, 0.3) is 0 Å². The molecular formula is C41H78ClN3O2. The second-order valence-corrected chi connectivity index (χ2v) is 14.0. The molecule has 0 aliphatic heterocycles. The lowest BCUT2D eigenvalue weighted by molar-refractivity contribution is -0.121. The van der Waals surface area contributed by atoms with E-state index in [4.69, 9.17) is 11.6 Å². The number of carbonyl (C=O) groups excluding carboxylic acids is 2. The summed E-state index contributed by atoms with van der Waals surface area (Å²) in [6, 6.07) is 0.349. The van der Waals surface area contributed by atoms with Crippen LogP contribution in [-0.2, 0) is 9.59 Å². The maximum absolute atomic E-state index is 12.4. The number of carbonyl (C=O) groups is 2. The summed E-state index contributed by atoms with van der Waals surface area (Å²) < 4.78 is 0. The standard InChI is InChI=1S/C41H78ClN3O2/c1-4-6-8-10-12-14-16-18-20-22-24-26-28-30-32-34-40(46)43-36-39(45(3)38-42)37-44-41(47)35-33-31-29-27-25-23-21-19-17-15-13-11-9-7-5-2/h18-21,39H,4-17,22-38H2,1-3H3,(H,43,46)(H,44,47). The number of hydrogen-bond donors (Lipinski definition) is 2. The van der Waals surface area contributed by atoms with E-state index >= 15 is 0 Å². The van der Waals surface area contributed by atoms with Crippen molar-refractivity contribution in [1.29, 1.82) is 0 Å². The van der Waals surface area contributed by atoms with Gasteiger partial charge in [-0.25, -0.2) is 0 Å². The summed E-state index contributed by atoms with van der Waals surface area (Å²) >= 11 is 6.08. The minimum Gasteiger partial charge on any atom is -0.354 e. The molecule has 0 heterocycles. The average molecular weight is 681 g/mol. The topological polar surface area (TPSA) is 61.4 Å². The Morgan fingerprint density at radius 1 is 0.511 bits per heavy atom. The molecule has 0 unspecified atom stereocenters. The van der Waals surface area contributed by atoms with Crippen LogP contribution in [0.5, 0.6) is 0 Å². The van der Waals surface area contributed by atoms with Crippen LogP contribution >= 0.6 is 11.6 Å². The van der Waals surface area contributed by atoms with Gasteiger partial charge in [0.1, 0.15) is 0 Å². The van der Waals surface area contributed by atoms with Gasteiger partial charge in [-0.15, -0.1) is 11.6 Å². The van der Waals surface area contributed by atoms with Gasteiger partial charge in [-0.2, -0.15) is 0 Å². The highest BCUT2D eigenvalue weighted by Gasteiger charge is 2.16. The highest BCUT2D eigenvalue weighted by atomic mass is 35.5. The average Bonchev–Trinajstić information content (AvgIpc) is 3.07. The molecule has 2 N–H and O–H groups in total. The fourth-order valence-electron chi connectivity index (χ4n) is 5.83. The van der Waals surface area contributed by atoms with Gasteiger partial charge < -0.3 is 10.6 Å². The number of rotatable bonds is 36. The van der Waals surface area contributed by atoms with Gasteiger partial charge in [0.05, 0.1) is 6.00 Å². The zero-order valence-electron chi connectivity index (χ0n) is 31.4. The Morgan fingerprint density at radius 2 is 0.809 bits per heavy atom. The van der Waals surface area contributed by atoms with Gasteiger partial charge in [0.15, 0.2) is 0 Å². The zero-order chi connectivity index (χ0) is 34.5. The molecular weight excluding hydrogens is 602 g/mol. The molecule has 0 rings (SSSR count). The number of hydrogen-bond acceptors (Lipinski definition) is 3. The summed E-state index contributed by atoms with van der Waals surface area (Å²) in [7, 11) is 1.93. The maximum Gasteiger partial charge on any atom is 0.220 e. The third-order valence-corrected chi connectivity index (χ3v) is 9.59. The van der Waals surface area contributed by atoms with Crippen molar-refractivity contribution in [2.24, 2.45) is 0 Å². The molecule has 6 heteroatoms. The van der Waals surface area contributed by atoms with Crippen molar-refractivity contribution in [3.05, 3.63) is 24.3 Å². The number of allylic oxidation sites excluding steroid dienone is 4. The van der Waals surface area contributed by atoms with Crippen LogP contribution < -0.4 is 10.6 Å². The monoisotopic (exact) mass is 680 g/mol. The van der Waals surface area contributed by atoms with E-state index in [2.05, 4.69) is 48.8 Å². The highest BCUT2D eigenvalue weighted by Crippen LogP contribution is 2.12. The molecule has 0 saturated carbocycles. The molecule has 5 nitrogen and oxygen atoms in total. The fraction of sp³-hybridized carbons (Fsp3) is 0.854. The van der Waals surface area contributed by atoms with Crippen LogP contribution in [0.4, 0.5) is 0 Å². The van der Waals surface area contributed by atoms with E-state index in [-0.39, 0.29) is 17.9 Å². The minimum absolute atomic E-state index is 0.0105. The quantitative estimate of drug-likeness (QED) is 0.0300. The summed E-state index contributed by atoms with van der Waals surface area (Å²) in [4.78, 5) is 26.9. The SMILES string of the molecule is CCCCCCCCC=CCCCCCCCC(=O)NCC(CNC(=O)CCCCCCCC=CCCCCCCCC)N(C)CCl. The number of likely N-dealkylation sites (N-methyl/N-ethyl adjacent to an activating group) is 1. The van der Waals surface area contributed by atoms with Gasteiger partial charge in [-0.3, -0.25) is 14.5 Å². The van der Waals surface area contributed by atoms with Crippen molar-refractivity contribution >= 4 is 23.4 Å². The van der Waals surface area contributed by atoms with Crippen molar-refractivity contribution in [2.45, 2.75) is 200 Å². The number of nitrogens with one attached hydrogen (secondary N) is 2. The van der Waals surface area contributed by atoms with Crippen molar-refractivity contribution < 1.29 is 9.59 Å². The Bertz CT molecular complexity index is 686. The third-order valence-electron chi connectivity index (χ3n) is 9.21. The zero-order valence-corrected chi connectivity index (χ0v) is 32.2. The van der Waals surface area contributed by atoms with Gasteiger partial charge in [0.25, 0.3) is 0 Å². The van der Waals surface area contributed by atoms with E-state index in [1.807, 2.05) is 11.9 Å². The Hall–Kier alpha value is -1.33. The summed E-state index contributed by atoms with van der Waals surface area (Å²) in [6.45, 7) is 5.54. The maximum atomic E-state index is 12.4. The van der Waals surface area contributed by atoms with E-state index in [0.717, 1.165) is 25.7 Å². The molecule has 0 aromatic rings. The van der Waals surface area contributed by atoms with Crippen molar-refractivity contribution in [3.63, 3.8) is 0 Å². The van der Waals surface area contributed by atoms with Gasteiger partial charge in [-0.1, -0.05) is 141 Å². The van der Waals surface area contributed by atoms with Crippen LogP contribution in [-0.4, -0.2) is 48.9 Å². The van der Waals surface area contributed by atoms with Gasteiger partial charge in [0.2, 0.25) is 11.8 Å². The number of halogens is 1. The van der Waals surface area contributed by atoms with E-state index in [9.17, 15) is 9.59 Å². The molecule has 276 valence electrons. The molecule has 0 aliphatic rings. The first-order chi connectivity index (χ1) is 23.0. The smallest absolute Gasteiger partial charge is 0.220 e. The first-order valence-corrected chi connectivity index (χ1v) is 20.7. The largest absolute Gasteiger partial charge is 0.354 e. The van der Waals surface area contributed by atoms with E-state index < -0.39 is 0 Å². The number of nitrogens with zero attached hydrogens (tertiary/aromatic N) is 1. The summed E-state index contributed by atoms with van der Waals surface area (Å²) in [5, 5.41) is 6.13. The van der Waals surface area contributed by atoms with E-state index in [1.165, 1.54) is 141 Å². The summed E-state index contributed by atoms with van der Waals surface area (Å²) in [6.07, 6.45) is 43.2. The van der Waals surface area contributed by atoms with Crippen molar-refractivity contribution in [1.82, 2.24) is 15.5 Å². The predicted octanol–water partition coefficient (Wildman–Crippen LogP) is 11.8. The molecule has 0 atom stereocenters. The molecule has 0 bridgehead atoms. The van der Waals surface area contributed by atoms with Crippen LogP contribution in [0.2, 0.25) is 0 Å². The van der Waals surface area contributed by atoms with Crippen LogP contribution in [0.15, 0.2) is 24.3 Å². The molecule has 0 radical (unpaired) electrons. The Balaban J connectivity index is 3.78. The van der Waals surface area contributed by atoms with Gasteiger partial charge in [0, 0.05) is 32.0 Å².